The van der Waals surface area contributed by atoms with E-state index in [0.29, 0.717) is 22.8 Å². The van der Waals surface area contributed by atoms with E-state index in [4.69, 9.17) is 37.4 Å². The van der Waals surface area contributed by atoms with Crippen LogP contribution in [0.5, 0.6) is 17.2 Å². The van der Waals surface area contributed by atoms with Crippen molar-refractivity contribution in [2.45, 2.75) is 11.4 Å². The monoisotopic (exact) mass is 538 g/mol. The van der Waals surface area contributed by atoms with Gasteiger partial charge in [0.1, 0.15) is 6.54 Å². The number of methoxy groups -OCH3 is 3. The first-order valence-corrected chi connectivity index (χ1v) is 12.5. The number of sulfonamides is 1. The highest BCUT2D eigenvalue weighted by Crippen LogP contribution is 2.38. The number of rotatable bonds is 10. The first-order chi connectivity index (χ1) is 16.7. The summed E-state index contributed by atoms with van der Waals surface area (Å²) in [4.78, 5) is 12.9. The summed E-state index contributed by atoms with van der Waals surface area (Å²) in [5.41, 5.74) is 0.824. The fourth-order valence-electron chi connectivity index (χ4n) is 3.34. The normalized spacial score (nSPS) is 11.0. The maximum atomic E-state index is 13.4. The predicted molar refractivity (Wildman–Crippen MR) is 135 cm³/mol. The zero-order chi connectivity index (χ0) is 25.6. The second-order valence-corrected chi connectivity index (χ2v) is 10.00. The number of amides is 1. The van der Waals surface area contributed by atoms with Crippen molar-refractivity contribution in [1.82, 2.24) is 5.32 Å². The molecule has 0 aromatic heterocycles. The molecular formula is C24H24Cl2N2O6S. The van der Waals surface area contributed by atoms with Crippen LogP contribution in [0.3, 0.4) is 0 Å². The molecule has 3 aromatic carbocycles. The number of hydrogen-bond acceptors (Lipinski definition) is 6. The number of nitrogens with zero attached hydrogens (tertiary/aromatic N) is 1. The molecule has 0 unspecified atom stereocenters. The molecule has 186 valence electrons. The molecule has 0 spiro atoms. The fourth-order valence-corrected chi connectivity index (χ4v) is 5.28. The zero-order valence-electron chi connectivity index (χ0n) is 19.2. The third-order valence-corrected chi connectivity index (χ3v) is 7.19. The molecule has 11 heteroatoms. The Morgan fingerprint density at radius 3 is 1.97 bits per heavy atom. The molecule has 0 aliphatic carbocycles. The van der Waals surface area contributed by atoms with Gasteiger partial charge in [-0.25, -0.2) is 8.42 Å². The van der Waals surface area contributed by atoms with Crippen LogP contribution in [0.4, 0.5) is 5.69 Å². The molecule has 0 heterocycles. The van der Waals surface area contributed by atoms with Crippen LogP contribution in [-0.4, -0.2) is 42.2 Å². The minimum Gasteiger partial charge on any atom is -0.493 e. The zero-order valence-corrected chi connectivity index (χ0v) is 21.6. The van der Waals surface area contributed by atoms with Gasteiger partial charge >= 0.3 is 0 Å². The summed E-state index contributed by atoms with van der Waals surface area (Å²) in [5, 5.41) is 3.20. The molecule has 0 aliphatic rings. The molecule has 0 saturated heterocycles. The summed E-state index contributed by atoms with van der Waals surface area (Å²) in [5.74, 6) is 0.730. The Bertz CT molecular complexity index is 1260. The highest BCUT2D eigenvalue weighted by atomic mass is 35.5. The van der Waals surface area contributed by atoms with Crippen LogP contribution in [0, 0.1) is 0 Å². The molecule has 0 radical (unpaired) electrons. The van der Waals surface area contributed by atoms with Gasteiger partial charge in [-0.15, -0.1) is 0 Å². The Balaban J connectivity index is 1.88. The number of benzene rings is 3. The maximum absolute atomic E-state index is 13.4. The van der Waals surface area contributed by atoms with Gasteiger partial charge in [-0.05, 0) is 48.0 Å². The molecule has 1 amide bonds. The molecule has 3 rings (SSSR count). The van der Waals surface area contributed by atoms with Gasteiger partial charge in [0.25, 0.3) is 10.0 Å². The van der Waals surface area contributed by atoms with E-state index in [-0.39, 0.29) is 27.2 Å². The lowest BCUT2D eigenvalue weighted by Gasteiger charge is -2.24. The van der Waals surface area contributed by atoms with Gasteiger partial charge in [-0.3, -0.25) is 9.10 Å². The minimum absolute atomic E-state index is 0.0218. The lowest BCUT2D eigenvalue weighted by atomic mass is 10.1. The van der Waals surface area contributed by atoms with Crippen molar-refractivity contribution >= 4 is 44.8 Å². The van der Waals surface area contributed by atoms with E-state index in [1.807, 2.05) is 0 Å². The van der Waals surface area contributed by atoms with Gasteiger partial charge in [0, 0.05) is 16.6 Å². The number of carbonyl (C=O) groups excluding carboxylic acids is 1. The number of halogens is 2. The van der Waals surface area contributed by atoms with Gasteiger partial charge < -0.3 is 19.5 Å². The number of hydrogen-bond donors (Lipinski definition) is 1. The lowest BCUT2D eigenvalue weighted by Crippen LogP contribution is -2.40. The minimum atomic E-state index is -4.10. The highest BCUT2D eigenvalue weighted by molar-refractivity contribution is 7.92. The molecule has 0 fully saturated rings. The molecular weight excluding hydrogens is 515 g/mol. The molecule has 0 atom stereocenters. The summed E-state index contributed by atoms with van der Waals surface area (Å²) < 4.78 is 43.8. The first kappa shape index (κ1) is 26.5. The SMILES string of the molecule is COc1cc(CNC(=O)CN(c2cc(Cl)cc(Cl)c2)S(=O)(=O)c2ccccc2)cc(OC)c1OC. The number of ether oxygens (including phenoxy) is 3. The van der Waals surface area contributed by atoms with E-state index in [1.165, 1.54) is 51.7 Å². The van der Waals surface area contributed by atoms with Crippen molar-refractivity contribution < 1.29 is 27.4 Å². The average molecular weight is 539 g/mol. The van der Waals surface area contributed by atoms with Crippen molar-refractivity contribution in [2.24, 2.45) is 0 Å². The summed E-state index contributed by atoms with van der Waals surface area (Å²) in [6, 6.07) is 15.5. The molecule has 0 bridgehead atoms. The van der Waals surface area contributed by atoms with E-state index >= 15 is 0 Å². The van der Waals surface area contributed by atoms with Crippen molar-refractivity contribution in [3.8, 4) is 17.2 Å². The third-order valence-electron chi connectivity index (χ3n) is 4.97. The summed E-state index contributed by atoms with van der Waals surface area (Å²) in [6.45, 7) is -0.413. The second kappa shape index (κ2) is 11.5. The van der Waals surface area contributed by atoms with E-state index in [0.717, 1.165) is 4.31 Å². The molecule has 8 nitrogen and oxygen atoms in total. The Hall–Kier alpha value is -3.14. The van der Waals surface area contributed by atoms with Crippen LogP contribution < -0.4 is 23.8 Å². The van der Waals surface area contributed by atoms with E-state index in [9.17, 15) is 13.2 Å². The van der Waals surface area contributed by atoms with Gasteiger partial charge in [-0.1, -0.05) is 41.4 Å². The Labute approximate surface area is 214 Å². The standard InChI is InChI=1S/C24H24Cl2N2O6S/c1-32-21-9-16(10-22(33-2)24(21)34-3)14-27-23(29)15-28(19-12-17(25)11-18(26)13-19)35(30,31)20-7-5-4-6-8-20/h4-13H,14-15H2,1-3H3,(H,27,29). The lowest BCUT2D eigenvalue weighted by molar-refractivity contribution is -0.119. The largest absolute Gasteiger partial charge is 0.493 e. The quantitative estimate of drug-likeness (QED) is 0.407. The highest BCUT2D eigenvalue weighted by Gasteiger charge is 2.27. The van der Waals surface area contributed by atoms with Gasteiger partial charge in [0.2, 0.25) is 11.7 Å². The van der Waals surface area contributed by atoms with E-state index in [1.54, 1.807) is 30.3 Å². The van der Waals surface area contributed by atoms with Crippen LogP contribution in [0.2, 0.25) is 10.0 Å². The van der Waals surface area contributed by atoms with E-state index in [2.05, 4.69) is 5.32 Å². The predicted octanol–water partition coefficient (Wildman–Crippen LogP) is 4.53. The van der Waals surface area contributed by atoms with Crippen LogP contribution >= 0.6 is 23.2 Å². The van der Waals surface area contributed by atoms with Crippen molar-refractivity contribution in [3.63, 3.8) is 0 Å². The van der Waals surface area contributed by atoms with Crippen LogP contribution in [-0.2, 0) is 21.4 Å². The smallest absolute Gasteiger partial charge is 0.264 e. The summed E-state index contributed by atoms with van der Waals surface area (Å²) >= 11 is 12.2. The van der Waals surface area contributed by atoms with Gasteiger partial charge in [0.15, 0.2) is 11.5 Å². The number of anilines is 1. The van der Waals surface area contributed by atoms with Crippen molar-refractivity contribution in [2.75, 3.05) is 32.2 Å². The summed E-state index contributed by atoms with van der Waals surface area (Å²) in [7, 11) is 0.371. The average Bonchev–Trinajstić information content (AvgIpc) is 2.85. The third kappa shape index (κ3) is 6.30. The van der Waals surface area contributed by atoms with Crippen molar-refractivity contribution in [3.05, 3.63) is 76.3 Å². The van der Waals surface area contributed by atoms with Gasteiger partial charge in [0.05, 0.1) is 31.9 Å². The molecule has 35 heavy (non-hydrogen) atoms. The Kier molecular flexibility index (Phi) is 8.71. The van der Waals surface area contributed by atoms with Crippen LogP contribution in [0.25, 0.3) is 0 Å². The number of carbonyl (C=O) groups is 1. The molecule has 0 aliphatic heterocycles. The van der Waals surface area contributed by atoms with E-state index < -0.39 is 22.5 Å². The molecule has 1 N–H and O–H groups in total. The Morgan fingerprint density at radius 2 is 1.46 bits per heavy atom. The van der Waals surface area contributed by atoms with Crippen LogP contribution in [0.15, 0.2) is 65.6 Å². The Morgan fingerprint density at radius 1 is 0.886 bits per heavy atom. The summed E-state index contributed by atoms with van der Waals surface area (Å²) in [6.07, 6.45) is 0. The topological polar surface area (TPSA) is 94.2 Å². The van der Waals surface area contributed by atoms with Crippen molar-refractivity contribution in [1.29, 1.82) is 0 Å². The maximum Gasteiger partial charge on any atom is 0.264 e. The van der Waals surface area contributed by atoms with Gasteiger partial charge in [-0.2, -0.15) is 0 Å². The second-order valence-electron chi connectivity index (χ2n) is 7.26. The fraction of sp³-hybridized carbons (Fsp3) is 0.208. The molecule has 3 aromatic rings. The first-order valence-electron chi connectivity index (χ1n) is 10.3. The van der Waals surface area contributed by atoms with Crippen LogP contribution in [0.1, 0.15) is 5.56 Å². The number of nitrogens with one attached hydrogen (secondary N) is 1. The molecule has 0 saturated carbocycles.